The summed E-state index contributed by atoms with van der Waals surface area (Å²) in [5.41, 5.74) is 1.28. The van der Waals surface area contributed by atoms with E-state index in [0.29, 0.717) is 0 Å². The molecule has 0 aromatic heterocycles. The van der Waals surface area contributed by atoms with Crippen LogP contribution in [0, 0.1) is 0 Å². The van der Waals surface area contributed by atoms with Crippen molar-refractivity contribution in [2.75, 3.05) is 0 Å². The Morgan fingerprint density at radius 3 is 2.45 bits per heavy atom. The highest BCUT2D eigenvalue weighted by Gasteiger charge is 1.89. The number of allylic oxidation sites excluding steroid dienone is 6. The molecule has 0 fully saturated rings. The first-order valence-electron chi connectivity index (χ1n) is 3.99. The summed E-state index contributed by atoms with van der Waals surface area (Å²) in [4.78, 5) is 0. The maximum absolute atomic E-state index is 5.73. The van der Waals surface area contributed by atoms with Gasteiger partial charge in [-0.15, -0.1) is 0 Å². The van der Waals surface area contributed by atoms with Crippen LogP contribution in [-0.4, -0.2) is 0 Å². The Morgan fingerprint density at radius 2 is 1.82 bits per heavy atom. The van der Waals surface area contributed by atoms with Gasteiger partial charge < -0.3 is 0 Å². The first kappa shape index (κ1) is 10.5. The summed E-state index contributed by atoms with van der Waals surface area (Å²) in [5, 5.41) is 0.836. The molecule has 1 aliphatic rings. The Bertz CT molecular complexity index is 165. The zero-order valence-electron chi connectivity index (χ0n) is 7.39. The monoisotopic (exact) mass is 170 g/mol. The lowest BCUT2D eigenvalue weighted by Crippen LogP contribution is -1.62. The number of hydrogen-bond donors (Lipinski definition) is 0. The van der Waals surface area contributed by atoms with Gasteiger partial charge in [-0.3, -0.25) is 0 Å². The lowest BCUT2D eigenvalue weighted by Gasteiger charge is -1.82. The third-order valence-corrected chi connectivity index (χ3v) is 1.54. The van der Waals surface area contributed by atoms with Gasteiger partial charge in [0.05, 0.1) is 0 Å². The Labute approximate surface area is 74.3 Å². The number of hydrogen-bond acceptors (Lipinski definition) is 0. The zero-order valence-corrected chi connectivity index (χ0v) is 8.15. The van der Waals surface area contributed by atoms with Crippen molar-refractivity contribution in [3.05, 3.63) is 34.9 Å². The summed E-state index contributed by atoms with van der Waals surface area (Å²) in [6, 6.07) is 0. The standard InChI is InChI=1S/C8H9Cl.C2H6/c1-7-3-2-4-8(9)6-5-7;1-2/h3-6H,2H2,1H3;1-2H3. The SMILES string of the molecule is CC.CC1=CCC=C(Cl)C=C1. The van der Waals surface area contributed by atoms with Crippen molar-refractivity contribution < 1.29 is 0 Å². The molecular weight excluding hydrogens is 156 g/mol. The molecule has 0 bridgehead atoms. The molecule has 0 aromatic rings. The smallest absolute Gasteiger partial charge is 0.0369 e. The summed E-state index contributed by atoms with van der Waals surface area (Å²) in [7, 11) is 0. The zero-order chi connectivity index (χ0) is 8.69. The van der Waals surface area contributed by atoms with Crippen LogP contribution in [0.15, 0.2) is 34.9 Å². The van der Waals surface area contributed by atoms with Crippen molar-refractivity contribution in [3.63, 3.8) is 0 Å². The Kier molecular flexibility index (Phi) is 5.96. The van der Waals surface area contributed by atoms with Crippen LogP contribution in [0.25, 0.3) is 0 Å². The normalized spacial score (nSPS) is 15.6. The molecule has 62 valence electrons. The van der Waals surface area contributed by atoms with E-state index in [1.165, 1.54) is 5.57 Å². The average molecular weight is 171 g/mol. The molecule has 0 nitrogen and oxygen atoms in total. The molecule has 0 saturated heterocycles. The van der Waals surface area contributed by atoms with Gasteiger partial charge in [-0.2, -0.15) is 0 Å². The predicted octanol–water partition coefficient (Wildman–Crippen LogP) is 4.04. The van der Waals surface area contributed by atoms with Gasteiger partial charge in [-0.05, 0) is 19.4 Å². The van der Waals surface area contributed by atoms with Crippen LogP contribution in [0.2, 0.25) is 0 Å². The van der Waals surface area contributed by atoms with E-state index in [2.05, 4.69) is 13.0 Å². The van der Waals surface area contributed by atoms with Crippen molar-refractivity contribution in [3.8, 4) is 0 Å². The minimum absolute atomic E-state index is 0.836. The molecule has 1 heteroatoms. The predicted molar refractivity (Wildman–Crippen MR) is 52.8 cm³/mol. The van der Waals surface area contributed by atoms with E-state index in [9.17, 15) is 0 Å². The molecule has 11 heavy (non-hydrogen) atoms. The van der Waals surface area contributed by atoms with Crippen LogP contribution in [0.1, 0.15) is 27.2 Å². The van der Waals surface area contributed by atoms with Gasteiger partial charge in [-0.25, -0.2) is 0 Å². The van der Waals surface area contributed by atoms with Crippen molar-refractivity contribution in [1.82, 2.24) is 0 Å². The molecule has 0 unspecified atom stereocenters. The van der Waals surface area contributed by atoms with E-state index in [4.69, 9.17) is 11.6 Å². The van der Waals surface area contributed by atoms with Gasteiger partial charge >= 0.3 is 0 Å². The molecule has 0 saturated carbocycles. The third-order valence-electron chi connectivity index (χ3n) is 1.26. The largest absolute Gasteiger partial charge is 0.0847 e. The highest BCUT2D eigenvalue weighted by atomic mass is 35.5. The van der Waals surface area contributed by atoms with E-state index in [1.54, 1.807) is 0 Å². The number of halogens is 1. The summed E-state index contributed by atoms with van der Waals surface area (Å²) >= 11 is 5.73. The maximum Gasteiger partial charge on any atom is 0.0369 e. The second kappa shape index (κ2) is 6.23. The van der Waals surface area contributed by atoms with Crippen LogP contribution in [0.3, 0.4) is 0 Å². The molecule has 0 amide bonds. The Hall–Kier alpha value is -0.490. The molecule has 0 atom stereocenters. The Morgan fingerprint density at radius 1 is 1.18 bits per heavy atom. The van der Waals surface area contributed by atoms with Gasteiger partial charge in [-0.1, -0.05) is 49.2 Å². The summed E-state index contributed by atoms with van der Waals surface area (Å²) in [5.74, 6) is 0. The molecule has 0 heterocycles. The van der Waals surface area contributed by atoms with Crippen LogP contribution >= 0.6 is 11.6 Å². The topological polar surface area (TPSA) is 0 Å². The van der Waals surface area contributed by atoms with Crippen molar-refractivity contribution in [2.45, 2.75) is 27.2 Å². The van der Waals surface area contributed by atoms with E-state index < -0.39 is 0 Å². The lowest BCUT2D eigenvalue weighted by molar-refractivity contribution is 1.35. The molecule has 0 N–H and O–H groups in total. The highest BCUT2D eigenvalue weighted by Crippen LogP contribution is 2.12. The van der Waals surface area contributed by atoms with Gasteiger partial charge in [0.15, 0.2) is 0 Å². The van der Waals surface area contributed by atoms with E-state index in [0.717, 1.165) is 11.5 Å². The van der Waals surface area contributed by atoms with E-state index in [1.807, 2.05) is 32.1 Å². The fraction of sp³-hybridized carbons (Fsp3) is 0.400. The fourth-order valence-corrected chi connectivity index (χ4v) is 0.857. The van der Waals surface area contributed by atoms with E-state index in [-0.39, 0.29) is 0 Å². The van der Waals surface area contributed by atoms with Crippen molar-refractivity contribution in [2.24, 2.45) is 0 Å². The summed E-state index contributed by atoms with van der Waals surface area (Å²) in [6.45, 7) is 6.07. The molecule has 0 radical (unpaired) electrons. The maximum atomic E-state index is 5.73. The molecule has 0 aliphatic heterocycles. The van der Waals surface area contributed by atoms with Gasteiger partial charge in [0.25, 0.3) is 0 Å². The lowest BCUT2D eigenvalue weighted by atomic mass is 10.2. The second-order valence-corrected chi connectivity index (χ2v) is 2.54. The van der Waals surface area contributed by atoms with Crippen molar-refractivity contribution >= 4 is 11.6 Å². The van der Waals surface area contributed by atoms with Gasteiger partial charge in [0, 0.05) is 5.03 Å². The highest BCUT2D eigenvalue weighted by molar-refractivity contribution is 6.31. The van der Waals surface area contributed by atoms with Gasteiger partial charge in [0.2, 0.25) is 0 Å². The molecule has 0 spiro atoms. The van der Waals surface area contributed by atoms with E-state index >= 15 is 0 Å². The van der Waals surface area contributed by atoms with Crippen LogP contribution < -0.4 is 0 Å². The van der Waals surface area contributed by atoms with Crippen LogP contribution in [-0.2, 0) is 0 Å². The average Bonchev–Trinajstić information content (AvgIpc) is 2.20. The molecule has 0 aromatic carbocycles. The van der Waals surface area contributed by atoms with Crippen molar-refractivity contribution in [1.29, 1.82) is 0 Å². The quantitative estimate of drug-likeness (QED) is 0.515. The minimum atomic E-state index is 0.836. The minimum Gasteiger partial charge on any atom is -0.0847 e. The molecule has 1 aliphatic carbocycles. The Balaban J connectivity index is 0.000000461. The van der Waals surface area contributed by atoms with Gasteiger partial charge in [0.1, 0.15) is 0 Å². The number of rotatable bonds is 0. The molecular formula is C10H15Cl. The summed E-state index contributed by atoms with van der Waals surface area (Å²) in [6.07, 6.45) is 9.03. The fourth-order valence-electron chi connectivity index (χ4n) is 0.705. The first-order chi connectivity index (χ1) is 5.29. The van der Waals surface area contributed by atoms with Crippen LogP contribution in [0.4, 0.5) is 0 Å². The summed E-state index contributed by atoms with van der Waals surface area (Å²) < 4.78 is 0. The third kappa shape index (κ3) is 4.86. The molecule has 1 rings (SSSR count). The van der Waals surface area contributed by atoms with Crippen LogP contribution in [0.5, 0.6) is 0 Å². The second-order valence-electron chi connectivity index (χ2n) is 2.11. The first-order valence-corrected chi connectivity index (χ1v) is 4.37.